The zero-order valence-electron chi connectivity index (χ0n) is 14.1. The van der Waals surface area contributed by atoms with Crippen molar-refractivity contribution in [2.24, 2.45) is 17.8 Å². The molecule has 0 spiro atoms. The summed E-state index contributed by atoms with van der Waals surface area (Å²) in [6.45, 7) is 3.81. The van der Waals surface area contributed by atoms with Gasteiger partial charge in [0.1, 0.15) is 0 Å². The average Bonchev–Trinajstić information content (AvgIpc) is 3.25. The standard InChI is InChI=1S/C18H26N4O2/c23-17(19-10-14-5-4-13-2-1-3-16(13)14)15-11-20-18(21-12-15)22-6-8-24-9-7-22/h11-14,16H,1-10H2,(H,19,23)/t13-,14+,16-/m0/s1. The number of hydrogen-bond donors (Lipinski definition) is 1. The maximum atomic E-state index is 12.4. The molecular formula is C18H26N4O2. The van der Waals surface area contributed by atoms with E-state index in [0.29, 0.717) is 30.6 Å². The van der Waals surface area contributed by atoms with Crippen molar-refractivity contribution in [3.8, 4) is 0 Å². The molecule has 6 heteroatoms. The van der Waals surface area contributed by atoms with Crippen LogP contribution in [0.3, 0.4) is 0 Å². The van der Waals surface area contributed by atoms with Crippen LogP contribution in [-0.4, -0.2) is 48.7 Å². The molecule has 2 saturated carbocycles. The topological polar surface area (TPSA) is 67.4 Å². The first-order valence-electron chi connectivity index (χ1n) is 9.24. The molecule has 130 valence electrons. The number of aromatic nitrogens is 2. The van der Waals surface area contributed by atoms with Gasteiger partial charge in [-0.1, -0.05) is 12.8 Å². The summed E-state index contributed by atoms with van der Waals surface area (Å²) in [4.78, 5) is 23.2. The molecule has 2 heterocycles. The number of nitrogens with zero attached hydrogens (tertiary/aromatic N) is 3. The Labute approximate surface area is 143 Å². The SMILES string of the molecule is O=C(NC[C@H]1CC[C@@H]2CCC[C@@H]21)c1cnc(N2CCOCC2)nc1. The lowest BCUT2D eigenvalue weighted by atomic mass is 9.92. The summed E-state index contributed by atoms with van der Waals surface area (Å²) in [6, 6.07) is 0. The second-order valence-corrected chi connectivity index (χ2v) is 7.27. The normalized spacial score (nSPS) is 29.5. The Balaban J connectivity index is 1.31. The van der Waals surface area contributed by atoms with Gasteiger partial charge in [0.15, 0.2) is 0 Å². The Bertz CT molecular complexity index is 571. The number of morpholine rings is 1. The number of carbonyl (C=O) groups excluding carboxylic acids is 1. The van der Waals surface area contributed by atoms with Gasteiger partial charge in [-0.25, -0.2) is 9.97 Å². The Morgan fingerprint density at radius 1 is 1.17 bits per heavy atom. The summed E-state index contributed by atoms with van der Waals surface area (Å²) in [5.41, 5.74) is 0.549. The molecule has 0 bridgehead atoms. The fourth-order valence-electron chi connectivity index (χ4n) is 4.63. The maximum Gasteiger partial charge on any atom is 0.254 e. The van der Waals surface area contributed by atoms with Crippen LogP contribution in [0.25, 0.3) is 0 Å². The number of hydrogen-bond acceptors (Lipinski definition) is 5. The van der Waals surface area contributed by atoms with Crippen molar-refractivity contribution in [1.82, 2.24) is 15.3 Å². The van der Waals surface area contributed by atoms with Crippen molar-refractivity contribution in [2.45, 2.75) is 32.1 Å². The molecule has 3 fully saturated rings. The Morgan fingerprint density at radius 2 is 1.96 bits per heavy atom. The van der Waals surface area contributed by atoms with Crippen molar-refractivity contribution in [3.63, 3.8) is 0 Å². The van der Waals surface area contributed by atoms with Gasteiger partial charge in [0.2, 0.25) is 5.95 Å². The van der Waals surface area contributed by atoms with Gasteiger partial charge in [0.05, 0.1) is 18.8 Å². The molecule has 3 atom stereocenters. The second kappa shape index (κ2) is 7.05. The highest BCUT2D eigenvalue weighted by atomic mass is 16.5. The number of nitrogens with one attached hydrogen (secondary N) is 1. The third-order valence-corrected chi connectivity index (χ3v) is 5.95. The second-order valence-electron chi connectivity index (χ2n) is 7.27. The lowest BCUT2D eigenvalue weighted by molar-refractivity contribution is 0.0942. The van der Waals surface area contributed by atoms with Gasteiger partial charge in [-0.05, 0) is 37.0 Å². The highest BCUT2D eigenvalue weighted by Gasteiger charge is 2.38. The van der Waals surface area contributed by atoms with Gasteiger partial charge in [-0.3, -0.25) is 4.79 Å². The van der Waals surface area contributed by atoms with Gasteiger partial charge < -0.3 is 15.0 Å². The van der Waals surface area contributed by atoms with Crippen LogP contribution in [-0.2, 0) is 4.74 Å². The van der Waals surface area contributed by atoms with Crippen LogP contribution in [0.2, 0.25) is 0 Å². The van der Waals surface area contributed by atoms with Crippen LogP contribution in [0, 0.1) is 17.8 Å². The third-order valence-electron chi connectivity index (χ3n) is 5.95. The maximum absolute atomic E-state index is 12.4. The van der Waals surface area contributed by atoms with Crippen LogP contribution in [0.5, 0.6) is 0 Å². The molecule has 2 aliphatic carbocycles. The number of rotatable bonds is 4. The van der Waals surface area contributed by atoms with Gasteiger partial charge >= 0.3 is 0 Å². The summed E-state index contributed by atoms with van der Waals surface area (Å²) in [5.74, 6) is 3.05. The molecule has 3 aliphatic rings. The van der Waals surface area contributed by atoms with Gasteiger partial charge in [-0.2, -0.15) is 0 Å². The van der Waals surface area contributed by atoms with Crippen LogP contribution < -0.4 is 10.2 Å². The van der Waals surface area contributed by atoms with E-state index in [9.17, 15) is 4.79 Å². The number of amides is 1. The molecule has 4 rings (SSSR count). The average molecular weight is 330 g/mol. The summed E-state index contributed by atoms with van der Waals surface area (Å²) in [6.07, 6.45) is 10.0. The first-order valence-corrected chi connectivity index (χ1v) is 9.24. The van der Waals surface area contributed by atoms with Gasteiger partial charge in [0, 0.05) is 32.0 Å². The van der Waals surface area contributed by atoms with E-state index in [4.69, 9.17) is 4.74 Å². The van der Waals surface area contributed by atoms with Crippen LogP contribution >= 0.6 is 0 Å². The van der Waals surface area contributed by atoms with Gasteiger partial charge in [0.25, 0.3) is 5.91 Å². The zero-order chi connectivity index (χ0) is 16.4. The molecule has 0 aromatic carbocycles. The molecule has 1 saturated heterocycles. The lowest BCUT2D eigenvalue weighted by Crippen LogP contribution is -2.37. The van der Waals surface area contributed by atoms with E-state index < -0.39 is 0 Å². The summed E-state index contributed by atoms with van der Waals surface area (Å²) in [5, 5.41) is 3.10. The Kier molecular flexibility index (Phi) is 4.65. The van der Waals surface area contributed by atoms with E-state index in [0.717, 1.165) is 31.5 Å². The van der Waals surface area contributed by atoms with Crippen molar-refractivity contribution in [2.75, 3.05) is 37.7 Å². The number of carbonyl (C=O) groups is 1. The lowest BCUT2D eigenvalue weighted by Gasteiger charge is -2.26. The predicted molar refractivity (Wildman–Crippen MR) is 91.0 cm³/mol. The van der Waals surface area contributed by atoms with E-state index in [2.05, 4.69) is 20.2 Å². The first-order chi connectivity index (χ1) is 11.8. The molecule has 1 aromatic rings. The van der Waals surface area contributed by atoms with Crippen molar-refractivity contribution < 1.29 is 9.53 Å². The smallest absolute Gasteiger partial charge is 0.254 e. The van der Waals surface area contributed by atoms with E-state index >= 15 is 0 Å². The van der Waals surface area contributed by atoms with Crippen molar-refractivity contribution in [3.05, 3.63) is 18.0 Å². The fraction of sp³-hybridized carbons (Fsp3) is 0.722. The summed E-state index contributed by atoms with van der Waals surface area (Å²) in [7, 11) is 0. The quantitative estimate of drug-likeness (QED) is 0.913. The minimum absolute atomic E-state index is 0.0509. The Morgan fingerprint density at radius 3 is 2.75 bits per heavy atom. The van der Waals surface area contributed by atoms with Crippen LogP contribution in [0.15, 0.2) is 12.4 Å². The van der Waals surface area contributed by atoms with Crippen LogP contribution in [0.1, 0.15) is 42.5 Å². The third kappa shape index (κ3) is 3.24. The van der Waals surface area contributed by atoms with Crippen LogP contribution in [0.4, 0.5) is 5.95 Å². The molecule has 1 aromatic heterocycles. The first kappa shape index (κ1) is 15.8. The fourth-order valence-corrected chi connectivity index (χ4v) is 4.63. The van der Waals surface area contributed by atoms with E-state index in [-0.39, 0.29) is 5.91 Å². The molecule has 1 N–H and O–H groups in total. The van der Waals surface area contributed by atoms with E-state index in [1.165, 1.54) is 32.1 Å². The molecule has 6 nitrogen and oxygen atoms in total. The predicted octanol–water partition coefficient (Wildman–Crippen LogP) is 1.87. The summed E-state index contributed by atoms with van der Waals surface area (Å²) >= 11 is 0. The molecular weight excluding hydrogens is 304 g/mol. The number of fused-ring (bicyclic) bond motifs is 1. The van der Waals surface area contributed by atoms with E-state index in [1.807, 2.05) is 0 Å². The number of ether oxygens (including phenoxy) is 1. The number of anilines is 1. The molecule has 24 heavy (non-hydrogen) atoms. The highest BCUT2D eigenvalue weighted by molar-refractivity contribution is 5.93. The summed E-state index contributed by atoms with van der Waals surface area (Å²) < 4.78 is 5.33. The van der Waals surface area contributed by atoms with Crippen molar-refractivity contribution in [1.29, 1.82) is 0 Å². The monoisotopic (exact) mass is 330 g/mol. The molecule has 0 unspecified atom stereocenters. The largest absolute Gasteiger partial charge is 0.378 e. The minimum atomic E-state index is -0.0509. The van der Waals surface area contributed by atoms with Gasteiger partial charge in [-0.15, -0.1) is 0 Å². The van der Waals surface area contributed by atoms with Crippen molar-refractivity contribution >= 4 is 11.9 Å². The minimum Gasteiger partial charge on any atom is -0.378 e. The molecule has 1 aliphatic heterocycles. The van der Waals surface area contributed by atoms with E-state index in [1.54, 1.807) is 12.4 Å². The molecule has 1 amide bonds. The highest BCUT2D eigenvalue weighted by Crippen LogP contribution is 2.47. The zero-order valence-corrected chi connectivity index (χ0v) is 14.1. The molecule has 0 radical (unpaired) electrons. The Hall–Kier alpha value is -1.69.